The second kappa shape index (κ2) is 4.67. The van der Waals surface area contributed by atoms with E-state index in [2.05, 4.69) is 23.5 Å². The number of anilines is 1. The number of aryl methyl sites for hydroxylation is 2. The molecule has 2 atom stereocenters. The van der Waals surface area contributed by atoms with Gasteiger partial charge in [0.25, 0.3) is 0 Å². The van der Waals surface area contributed by atoms with Crippen LogP contribution in [0.2, 0.25) is 0 Å². The minimum Gasteiger partial charge on any atom is -0.469 e. The van der Waals surface area contributed by atoms with E-state index < -0.39 is 0 Å². The molecule has 0 saturated carbocycles. The summed E-state index contributed by atoms with van der Waals surface area (Å²) in [6, 6.07) is 9.35. The van der Waals surface area contributed by atoms with Crippen molar-refractivity contribution in [3.8, 4) is 0 Å². The number of hydrogen-bond donors (Lipinski definition) is 2. The Morgan fingerprint density at radius 2 is 1.95 bits per heavy atom. The van der Waals surface area contributed by atoms with E-state index in [9.17, 15) is 0 Å². The topological polar surface area (TPSA) is 51.2 Å². The van der Waals surface area contributed by atoms with Gasteiger partial charge in [-0.15, -0.1) is 0 Å². The summed E-state index contributed by atoms with van der Waals surface area (Å²) in [7, 11) is 0. The predicted molar refractivity (Wildman–Crippen MR) is 79.4 cm³/mol. The van der Waals surface area contributed by atoms with Crippen molar-refractivity contribution in [2.75, 3.05) is 5.73 Å². The van der Waals surface area contributed by atoms with Crippen molar-refractivity contribution < 1.29 is 4.42 Å². The maximum Gasteiger partial charge on any atom is 0.108 e. The number of fused-ring (bicyclic) bond motifs is 2. The summed E-state index contributed by atoms with van der Waals surface area (Å²) < 4.78 is 5.58. The van der Waals surface area contributed by atoms with Crippen molar-refractivity contribution in [1.29, 1.82) is 0 Å². The van der Waals surface area contributed by atoms with Crippen molar-refractivity contribution in [2.24, 2.45) is 0 Å². The van der Waals surface area contributed by atoms with Crippen LogP contribution in [-0.2, 0) is 12.8 Å². The predicted octanol–water partition coefficient (Wildman–Crippen LogP) is 3.52. The molecule has 2 aliphatic rings. The lowest BCUT2D eigenvalue weighted by Crippen LogP contribution is -2.27. The van der Waals surface area contributed by atoms with Crippen molar-refractivity contribution in [2.45, 2.75) is 44.2 Å². The SMILES string of the molecule is Nc1ccc2c(c1)CCC2NC1CCCc2occc21. The highest BCUT2D eigenvalue weighted by atomic mass is 16.3. The molecule has 1 aromatic carbocycles. The molecule has 0 spiro atoms. The summed E-state index contributed by atoms with van der Waals surface area (Å²) in [5, 5.41) is 3.83. The monoisotopic (exact) mass is 268 g/mol. The van der Waals surface area contributed by atoms with Gasteiger partial charge in [-0.25, -0.2) is 0 Å². The minimum absolute atomic E-state index is 0.436. The molecule has 1 heterocycles. The van der Waals surface area contributed by atoms with Gasteiger partial charge in [-0.3, -0.25) is 0 Å². The number of rotatable bonds is 2. The van der Waals surface area contributed by atoms with E-state index in [-0.39, 0.29) is 0 Å². The van der Waals surface area contributed by atoms with Crippen LogP contribution in [0.15, 0.2) is 34.9 Å². The molecule has 20 heavy (non-hydrogen) atoms. The van der Waals surface area contributed by atoms with Gasteiger partial charge < -0.3 is 15.5 Å². The molecular formula is C17H20N2O. The van der Waals surface area contributed by atoms with E-state index in [4.69, 9.17) is 10.2 Å². The average Bonchev–Trinajstić information content (AvgIpc) is 3.06. The highest BCUT2D eigenvalue weighted by molar-refractivity contribution is 5.47. The first kappa shape index (κ1) is 12.0. The fourth-order valence-electron chi connectivity index (χ4n) is 3.71. The Labute approximate surface area is 119 Å². The summed E-state index contributed by atoms with van der Waals surface area (Å²) in [5.74, 6) is 1.17. The summed E-state index contributed by atoms with van der Waals surface area (Å²) in [4.78, 5) is 0. The Balaban J connectivity index is 1.58. The molecule has 3 heteroatoms. The quantitative estimate of drug-likeness (QED) is 0.819. The highest BCUT2D eigenvalue weighted by Gasteiger charge is 2.28. The zero-order valence-corrected chi connectivity index (χ0v) is 11.6. The standard InChI is InChI=1S/C17H20N2O/c18-12-5-6-13-11(10-12)4-7-16(13)19-15-2-1-3-17-14(15)8-9-20-17/h5-6,8-10,15-16,19H,1-4,7,18H2. The summed E-state index contributed by atoms with van der Waals surface area (Å²) in [5.41, 5.74) is 10.9. The molecule has 1 aromatic heterocycles. The fourth-order valence-corrected chi connectivity index (χ4v) is 3.71. The summed E-state index contributed by atoms with van der Waals surface area (Å²) in [6.45, 7) is 0. The van der Waals surface area contributed by atoms with Gasteiger partial charge in [0.2, 0.25) is 0 Å². The Bertz CT molecular complexity index is 632. The molecule has 0 aliphatic heterocycles. The van der Waals surface area contributed by atoms with Gasteiger partial charge in [0.05, 0.1) is 6.26 Å². The van der Waals surface area contributed by atoms with Crippen molar-refractivity contribution >= 4 is 5.69 Å². The van der Waals surface area contributed by atoms with Crippen LogP contribution < -0.4 is 11.1 Å². The first-order valence-electron chi connectivity index (χ1n) is 7.52. The average molecular weight is 268 g/mol. The number of hydrogen-bond acceptors (Lipinski definition) is 3. The molecule has 2 aromatic rings. The molecular weight excluding hydrogens is 248 g/mol. The van der Waals surface area contributed by atoms with Crippen LogP contribution in [0, 0.1) is 0 Å². The van der Waals surface area contributed by atoms with Gasteiger partial charge in [0.15, 0.2) is 0 Å². The van der Waals surface area contributed by atoms with Crippen LogP contribution in [0.3, 0.4) is 0 Å². The molecule has 0 fully saturated rings. The Morgan fingerprint density at radius 1 is 1.05 bits per heavy atom. The maximum atomic E-state index is 5.88. The van der Waals surface area contributed by atoms with Crippen LogP contribution in [0.4, 0.5) is 5.69 Å². The second-order valence-corrected chi connectivity index (χ2v) is 5.96. The second-order valence-electron chi connectivity index (χ2n) is 5.96. The minimum atomic E-state index is 0.436. The molecule has 0 saturated heterocycles. The van der Waals surface area contributed by atoms with Crippen molar-refractivity contribution in [1.82, 2.24) is 5.32 Å². The molecule has 3 N–H and O–H groups in total. The lowest BCUT2D eigenvalue weighted by molar-refractivity contribution is 0.375. The van der Waals surface area contributed by atoms with Gasteiger partial charge in [-0.1, -0.05) is 6.07 Å². The number of nitrogens with one attached hydrogen (secondary N) is 1. The first-order valence-corrected chi connectivity index (χ1v) is 7.52. The number of nitrogens with two attached hydrogens (primary N) is 1. The van der Waals surface area contributed by atoms with Crippen LogP contribution in [-0.4, -0.2) is 0 Å². The van der Waals surface area contributed by atoms with Crippen LogP contribution in [0.1, 0.15) is 53.8 Å². The third-order valence-electron chi connectivity index (χ3n) is 4.70. The Kier molecular flexibility index (Phi) is 2.81. The smallest absolute Gasteiger partial charge is 0.108 e. The van der Waals surface area contributed by atoms with Crippen molar-refractivity contribution in [3.63, 3.8) is 0 Å². The molecule has 0 bridgehead atoms. The molecule has 0 amide bonds. The Hall–Kier alpha value is -1.74. The van der Waals surface area contributed by atoms with E-state index in [1.54, 1.807) is 0 Å². The van der Waals surface area contributed by atoms with E-state index >= 15 is 0 Å². The van der Waals surface area contributed by atoms with E-state index in [0.29, 0.717) is 12.1 Å². The van der Waals surface area contributed by atoms with Crippen LogP contribution >= 0.6 is 0 Å². The van der Waals surface area contributed by atoms with Crippen molar-refractivity contribution in [3.05, 3.63) is 53.0 Å². The van der Waals surface area contributed by atoms with Crippen LogP contribution in [0.25, 0.3) is 0 Å². The van der Waals surface area contributed by atoms with E-state index in [1.165, 1.54) is 41.7 Å². The summed E-state index contributed by atoms with van der Waals surface area (Å²) >= 11 is 0. The largest absolute Gasteiger partial charge is 0.469 e. The third kappa shape index (κ3) is 1.93. The van der Waals surface area contributed by atoms with Crippen LogP contribution in [0.5, 0.6) is 0 Å². The molecule has 2 unspecified atom stereocenters. The summed E-state index contributed by atoms with van der Waals surface area (Å²) in [6.07, 6.45) is 7.62. The Morgan fingerprint density at radius 3 is 2.90 bits per heavy atom. The third-order valence-corrected chi connectivity index (χ3v) is 4.70. The maximum absolute atomic E-state index is 5.88. The zero-order valence-electron chi connectivity index (χ0n) is 11.6. The lowest BCUT2D eigenvalue weighted by Gasteiger charge is -2.26. The first-order chi connectivity index (χ1) is 9.81. The molecule has 4 rings (SSSR count). The highest BCUT2D eigenvalue weighted by Crippen LogP contribution is 2.37. The molecule has 3 nitrogen and oxygen atoms in total. The molecule has 0 radical (unpaired) electrons. The molecule has 104 valence electrons. The lowest BCUT2D eigenvalue weighted by atomic mass is 9.92. The van der Waals surface area contributed by atoms with Gasteiger partial charge in [0.1, 0.15) is 5.76 Å². The number of benzene rings is 1. The van der Waals surface area contributed by atoms with Gasteiger partial charge in [-0.2, -0.15) is 0 Å². The molecule has 2 aliphatic carbocycles. The van der Waals surface area contributed by atoms with E-state index in [0.717, 1.165) is 18.5 Å². The zero-order chi connectivity index (χ0) is 13.5. The van der Waals surface area contributed by atoms with Gasteiger partial charge >= 0.3 is 0 Å². The fraction of sp³-hybridized carbons (Fsp3) is 0.412. The number of furan rings is 1. The van der Waals surface area contributed by atoms with Gasteiger partial charge in [0, 0.05) is 29.8 Å². The normalized spacial score (nSPS) is 24.4. The number of nitrogen functional groups attached to an aromatic ring is 1. The van der Waals surface area contributed by atoms with E-state index in [1.807, 2.05) is 12.3 Å². The van der Waals surface area contributed by atoms with Gasteiger partial charge in [-0.05, 0) is 55.0 Å².